The molecule has 0 saturated carbocycles. The van der Waals surface area contributed by atoms with Crippen molar-refractivity contribution in [2.75, 3.05) is 9.80 Å². The van der Waals surface area contributed by atoms with Crippen LogP contribution >= 0.6 is 11.3 Å². The Kier molecular flexibility index (Phi) is 8.57. The van der Waals surface area contributed by atoms with Crippen LogP contribution in [0.3, 0.4) is 0 Å². The first-order valence-electron chi connectivity index (χ1n) is 20.7. The van der Waals surface area contributed by atoms with E-state index in [4.69, 9.17) is 0 Å². The molecular formula is C56H43N3S. The summed E-state index contributed by atoms with van der Waals surface area (Å²) in [6.07, 6.45) is 0. The van der Waals surface area contributed by atoms with E-state index in [1.165, 1.54) is 54.6 Å². The third-order valence-corrected chi connectivity index (χ3v) is 13.2. The summed E-state index contributed by atoms with van der Waals surface area (Å²) in [5.41, 5.74) is 17.8. The minimum Gasteiger partial charge on any atom is -0.310 e. The van der Waals surface area contributed by atoms with E-state index in [-0.39, 0.29) is 5.41 Å². The summed E-state index contributed by atoms with van der Waals surface area (Å²) in [5, 5.41) is 5.86. The number of nitrogens with zero attached hydrogens (tertiary/aromatic N) is 3. The van der Waals surface area contributed by atoms with E-state index in [2.05, 4.69) is 241 Å². The SMILES string of the molecule is Cc1ccc(N(c2ccccc2)c2cc(-c3ccc4c(c3)c3ccccc3n4-c3cccs3)cc(N(c3ccccc3)c3ccc4c(c3)C(C)(C)c3ccccc3-4)c2)cc1. The van der Waals surface area contributed by atoms with Crippen LogP contribution in [-0.2, 0) is 5.41 Å². The van der Waals surface area contributed by atoms with Crippen molar-refractivity contribution in [2.24, 2.45) is 0 Å². The van der Waals surface area contributed by atoms with Crippen molar-refractivity contribution in [3.8, 4) is 27.3 Å². The summed E-state index contributed by atoms with van der Waals surface area (Å²) in [4.78, 5) is 4.82. The molecule has 0 aliphatic heterocycles. The third-order valence-electron chi connectivity index (χ3n) is 12.3. The van der Waals surface area contributed by atoms with Crippen molar-refractivity contribution in [3.05, 3.63) is 222 Å². The maximum atomic E-state index is 2.44. The molecule has 8 aromatic carbocycles. The highest BCUT2D eigenvalue weighted by Crippen LogP contribution is 2.51. The van der Waals surface area contributed by atoms with Gasteiger partial charge in [-0.1, -0.05) is 123 Å². The van der Waals surface area contributed by atoms with Gasteiger partial charge < -0.3 is 14.4 Å². The molecule has 60 heavy (non-hydrogen) atoms. The van der Waals surface area contributed by atoms with E-state index >= 15 is 0 Å². The lowest BCUT2D eigenvalue weighted by Crippen LogP contribution is -2.17. The van der Waals surface area contributed by atoms with Gasteiger partial charge in [0.25, 0.3) is 0 Å². The first-order chi connectivity index (χ1) is 29.4. The lowest BCUT2D eigenvalue weighted by atomic mass is 9.82. The first kappa shape index (κ1) is 36.0. The molecule has 11 rings (SSSR count). The van der Waals surface area contributed by atoms with Gasteiger partial charge in [-0.25, -0.2) is 0 Å². The van der Waals surface area contributed by atoms with Crippen LogP contribution in [0.1, 0.15) is 30.5 Å². The third kappa shape index (κ3) is 5.94. The van der Waals surface area contributed by atoms with Gasteiger partial charge in [0.05, 0.1) is 16.0 Å². The van der Waals surface area contributed by atoms with Gasteiger partial charge >= 0.3 is 0 Å². The number of fused-ring (bicyclic) bond motifs is 6. The predicted octanol–water partition coefficient (Wildman–Crippen LogP) is 16.1. The molecule has 0 radical (unpaired) electrons. The molecule has 0 saturated heterocycles. The summed E-state index contributed by atoms with van der Waals surface area (Å²) >= 11 is 1.77. The van der Waals surface area contributed by atoms with Gasteiger partial charge in [0.2, 0.25) is 0 Å². The van der Waals surface area contributed by atoms with E-state index < -0.39 is 0 Å². The molecule has 0 spiro atoms. The Labute approximate surface area is 355 Å². The van der Waals surface area contributed by atoms with Gasteiger partial charge in [-0.2, -0.15) is 0 Å². The summed E-state index contributed by atoms with van der Waals surface area (Å²) in [7, 11) is 0. The van der Waals surface area contributed by atoms with Crippen LogP contribution in [0, 0.1) is 6.92 Å². The van der Waals surface area contributed by atoms with E-state index in [1.807, 2.05) is 0 Å². The summed E-state index contributed by atoms with van der Waals surface area (Å²) < 4.78 is 2.40. The number of anilines is 6. The Morgan fingerprint density at radius 3 is 1.73 bits per heavy atom. The normalized spacial score (nSPS) is 12.7. The highest BCUT2D eigenvalue weighted by molar-refractivity contribution is 7.12. The first-order valence-corrected chi connectivity index (χ1v) is 21.5. The zero-order valence-corrected chi connectivity index (χ0v) is 34.7. The summed E-state index contributed by atoms with van der Waals surface area (Å²) in [6.45, 7) is 6.87. The van der Waals surface area contributed by atoms with E-state index in [9.17, 15) is 0 Å². The van der Waals surface area contributed by atoms with E-state index in [1.54, 1.807) is 11.3 Å². The molecule has 1 aliphatic carbocycles. The molecule has 2 heterocycles. The Balaban J connectivity index is 1.17. The standard InChI is InChI=1S/C56H43N3S/c1-38-24-27-43(28-25-38)57(41-15-6-4-7-16-41)45-33-40(39-26-31-54-50(35-39)49-20-11-13-22-53(49)59(54)55-23-14-32-60-55)34-46(36-45)58(42-17-8-5-9-18-42)44-29-30-48-47-19-10-12-21-51(47)56(2,3)52(48)37-44/h4-37H,1-3H3. The number of hydrogen-bond donors (Lipinski definition) is 0. The van der Waals surface area contributed by atoms with Gasteiger partial charge in [0, 0.05) is 50.3 Å². The van der Waals surface area contributed by atoms with Gasteiger partial charge in [-0.15, -0.1) is 11.3 Å². The number of aryl methyl sites for hydroxylation is 1. The molecule has 0 unspecified atom stereocenters. The number of aromatic nitrogens is 1. The van der Waals surface area contributed by atoms with Crippen molar-refractivity contribution in [1.29, 1.82) is 0 Å². The van der Waals surface area contributed by atoms with Crippen LogP contribution in [-0.4, -0.2) is 4.57 Å². The zero-order valence-electron chi connectivity index (χ0n) is 33.9. The molecule has 0 amide bonds. The van der Waals surface area contributed by atoms with Crippen LogP contribution in [0.2, 0.25) is 0 Å². The van der Waals surface area contributed by atoms with Crippen molar-refractivity contribution < 1.29 is 0 Å². The average Bonchev–Trinajstić information content (AvgIpc) is 3.99. The Hall–Kier alpha value is -7.14. The van der Waals surface area contributed by atoms with Crippen molar-refractivity contribution in [1.82, 2.24) is 4.57 Å². The van der Waals surface area contributed by atoms with Gasteiger partial charge in [0.1, 0.15) is 0 Å². The van der Waals surface area contributed by atoms with Crippen molar-refractivity contribution >= 4 is 67.3 Å². The van der Waals surface area contributed by atoms with Crippen LogP contribution in [0.15, 0.2) is 206 Å². The molecule has 0 bridgehead atoms. The molecule has 2 aromatic heterocycles. The molecule has 10 aromatic rings. The topological polar surface area (TPSA) is 11.4 Å². The minimum absolute atomic E-state index is 0.134. The lowest BCUT2D eigenvalue weighted by Gasteiger charge is -2.31. The average molecular weight is 790 g/mol. The monoisotopic (exact) mass is 789 g/mol. The number of para-hydroxylation sites is 3. The molecule has 1 aliphatic rings. The Morgan fingerprint density at radius 2 is 1.02 bits per heavy atom. The fourth-order valence-corrected chi connectivity index (χ4v) is 10.1. The minimum atomic E-state index is -0.134. The van der Waals surface area contributed by atoms with Gasteiger partial charge in [0.15, 0.2) is 0 Å². The van der Waals surface area contributed by atoms with Crippen LogP contribution in [0.5, 0.6) is 0 Å². The van der Waals surface area contributed by atoms with Crippen LogP contribution in [0.4, 0.5) is 34.1 Å². The van der Waals surface area contributed by atoms with Gasteiger partial charge in [-0.05, 0) is 143 Å². The molecule has 3 nitrogen and oxygen atoms in total. The fraction of sp³-hybridized carbons (Fsp3) is 0.0714. The summed E-state index contributed by atoms with van der Waals surface area (Å²) in [6, 6.07) is 73.6. The van der Waals surface area contributed by atoms with Crippen molar-refractivity contribution in [3.63, 3.8) is 0 Å². The second-order valence-corrected chi connectivity index (χ2v) is 17.3. The number of rotatable bonds is 8. The molecule has 0 N–H and O–H groups in total. The fourth-order valence-electron chi connectivity index (χ4n) is 9.38. The van der Waals surface area contributed by atoms with Gasteiger partial charge in [-0.3, -0.25) is 0 Å². The molecule has 288 valence electrons. The largest absolute Gasteiger partial charge is 0.310 e. The Morgan fingerprint density at radius 1 is 0.417 bits per heavy atom. The highest BCUT2D eigenvalue weighted by atomic mass is 32.1. The Bertz CT molecular complexity index is 3180. The number of hydrogen-bond acceptors (Lipinski definition) is 3. The van der Waals surface area contributed by atoms with E-state index in [0.29, 0.717) is 0 Å². The maximum absolute atomic E-state index is 2.44. The maximum Gasteiger partial charge on any atom is 0.0999 e. The summed E-state index contributed by atoms with van der Waals surface area (Å²) in [5.74, 6) is 0. The molecule has 0 atom stereocenters. The predicted molar refractivity (Wildman–Crippen MR) is 256 cm³/mol. The second-order valence-electron chi connectivity index (χ2n) is 16.4. The van der Waals surface area contributed by atoms with Crippen molar-refractivity contribution in [2.45, 2.75) is 26.2 Å². The van der Waals surface area contributed by atoms with Crippen LogP contribution in [0.25, 0.3) is 49.1 Å². The quantitative estimate of drug-likeness (QED) is 0.152. The second kappa shape index (κ2) is 14.3. The van der Waals surface area contributed by atoms with E-state index in [0.717, 1.165) is 45.3 Å². The highest BCUT2D eigenvalue weighted by Gasteiger charge is 2.36. The lowest BCUT2D eigenvalue weighted by molar-refractivity contribution is 0.660. The van der Waals surface area contributed by atoms with Crippen LogP contribution < -0.4 is 9.80 Å². The molecular weight excluding hydrogens is 747 g/mol. The molecule has 0 fully saturated rings. The smallest absolute Gasteiger partial charge is 0.0999 e. The zero-order chi connectivity index (χ0) is 40.4. The number of thiophene rings is 1. The number of benzene rings is 8. The molecule has 4 heteroatoms.